The molecule has 2 N–H and O–H groups in total. The third-order valence-corrected chi connectivity index (χ3v) is 3.47. The minimum Gasteiger partial charge on any atom is -0.481 e. The highest BCUT2D eigenvalue weighted by Gasteiger charge is 2.21. The molecule has 2 rings (SSSR count). The van der Waals surface area contributed by atoms with Crippen molar-refractivity contribution in [2.45, 2.75) is 12.5 Å². The zero-order valence-electron chi connectivity index (χ0n) is 12.3. The van der Waals surface area contributed by atoms with Crippen molar-refractivity contribution in [3.8, 4) is 5.88 Å². The predicted octanol–water partition coefficient (Wildman–Crippen LogP) is 2.69. The maximum atomic E-state index is 12.3. The van der Waals surface area contributed by atoms with Crippen molar-refractivity contribution in [1.29, 1.82) is 0 Å². The molecular weight excluding hydrogens is 320 g/mol. The van der Waals surface area contributed by atoms with E-state index >= 15 is 0 Å². The number of amides is 1. The quantitative estimate of drug-likeness (QED) is 0.848. The van der Waals surface area contributed by atoms with Gasteiger partial charge in [0.2, 0.25) is 5.88 Å². The van der Waals surface area contributed by atoms with Crippen LogP contribution in [-0.4, -0.2) is 29.1 Å². The molecule has 6 nitrogen and oxygen atoms in total. The van der Waals surface area contributed by atoms with Gasteiger partial charge < -0.3 is 15.2 Å². The number of hydrogen-bond donors (Lipinski definition) is 2. The molecule has 0 aliphatic rings. The summed E-state index contributed by atoms with van der Waals surface area (Å²) in [6.45, 7) is 0. The molecule has 0 aliphatic heterocycles. The van der Waals surface area contributed by atoms with Crippen molar-refractivity contribution in [2.24, 2.45) is 0 Å². The lowest BCUT2D eigenvalue weighted by atomic mass is 10.0. The molecule has 1 heterocycles. The van der Waals surface area contributed by atoms with Crippen molar-refractivity contribution < 1.29 is 19.4 Å². The van der Waals surface area contributed by atoms with Crippen LogP contribution in [0, 0.1) is 0 Å². The van der Waals surface area contributed by atoms with E-state index in [1.165, 1.54) is 13.2 Å². The topological polar surface area (TPSA) is 88.5 Å². The van der Waals surface area contributed by atoms with E-state index in [0.717, 1.165) is 0 Å². The van der Waals surface area contributed by atoms with Crippen LogP contribution in [-0.2, 0) is 4.79 Å². The van der Waals surface area contributed by atoms with Crippen molar-refractivity contribution >= 4 is 23.5 Å². The number of aromatic nitrogens is 1. The summed E-state index contributed by atoms with van der Waals surface area (Å²) < 4.78 is 4.97. The summed E-state index contributed by atoms with van der Waals surface area (Å²) >= 11 is 6.10. The van der Waals surface area contributed by atoms with E-state index in [1.54, 1.807) is 36.4 Å². The lowest BCUT2D eigenvalue weighted by molar-refractivity contribution is -0.137. The lowest BCUT2D eigenvalue weighted by Gasteiger charge is -2.18. The van der Waals surface area contributed by atoms with Crippen LogP contribution in [0.4, 0.5) is 0 Å². The first-order valence-corrected chi connectivity index (χ1v) is 7.17. The normalized spacial score (nSPS) is 11.6. The molecule has 1 atom stereocenters. The van der Waals surface area contributed by atoms with Crippen LogP contribution in [0.15, 0.2) is 42.5 Å². The number of nitrogens with one attached hydrogen (secondary N) is 1. The number of rotatable bonds is 6. The fourth-order valence-corrected chi connectivity index (χ4v) is 2.33. The number of carbonyl (C=O) groups is 2. The fourth-order valence-electron chi connectivity index (χ4n) is 2.06. The Morgan fingerprint density at radius 2 is 2.00 bits per heavy atom. The SMILES string of the molecule is COc1cccc(C(=O)N[C@H](CC(=O)O)c2ccccc2Cl)n1. The molecule has 0 spiro atoms. The summed E-state index contributed by atoms with van der Waals surface area (Å²) in [5.74, 6) is -1.26. The van der Waals surface area contributed by atoms with Gasteiger partial charge in [0.25, 0.3) is 5.91 Å². The van der Waals surface area contributed by atoms with Crippen LogP contribution in [0.3, 0.4) is 0 Å². The summed E-state index contributed by atoms with van der Waals surface area (Å²) in [7, 11) is 1.45. The van der Waals surface area contributed by atoms with Crippen LogP contribution in [0.2, 0.25) is 5.02 Å². The Labute approximate surface area is 138 Å². The number of ether oxygens (including phenoxy) is 1. The molecule has 0 aliphatic carbocycles. The van der Waals surface area contributed by atoms with Gasteiger partial charge in [0.1, 0.15) is 5.69 Å². The van der Waals surface area contributed by atoms with Crippen LogP contribution >= 0.6 is 11.6 Å². The molecule has 2 aromatic rings. The van der Waals surface area contributed by atoms with Gasteiger partial charge in [0.05, 0.1) is 19.6 Å². The standard InChI is InChI=1S/C16H15ClN2O4/c1-23-14-8-4-7-12(18-14)16(22)19-13(9-15(20)21)10-5-2-3-6-11(10)17/h2-8,13H,9H2,1H3,(H,19,22)(H,20,21)/t13-/m1/s1. The largest absolute Gasteiger partial charge is 0.481 e. The van der Waals surface area contributed by atoms with Gasteiger partial charge >= 0.3 is 5.97 Å². The summed E-state index contributed by atoms with van der Waals surface area (Å²) in [5, 5.41) is 12.1. The van der Waals surface area contributed by atoms with Gasteiger partial charge in [-0.1, -0.05) is 35.9 Å². The number of nitrogens with zero attached hydrogens (tertiary/aromatic N) is 1. The van der Waals surface area contributed by atoms with E-state index in [0.29, 0.717) is 16.5 Å². The second-order valence-electron chi connectivity index (χ2n) is 4.71. The number of pyridine rings is 1. The number of carboxylic acid groups (broad SMARTS) is 1. The number of aliphatic carboxylic acids is 1. The molecule has 1 aromatic heterocycles. The Bertz CT molecular complexity index is 721. The van der Waals surface area contributed by atoms with Crippen LogP contribution in [0.1, 0.15) is 28.5 Å². The predicted molar refractivity (Wildman–Crippen MR) is 84.7 cm³/mol. The molecule has 1 aromatic carbocycles. The first-order chi connectivity index (χ1) is 11.0. The lowest BCUT2D eigenvalue weighted by Crippen LogP contribution is -2.31. The number of carbonyl (C=O) groups excluding carboxylic acids is 1. The number of methoxy groups -OCH3 is 1. The highest BCUT2D eigenvalue weighted by atomic mass is 35.5. The maximum absolute atomic E-state index is 12.3. The Kier molecular flexibility index (Phi) is 5.54. The van der Waals surface area contributed by atoms with Gasteiger partial charge in [-0.05, 0) is 17.7 Å². The molecule has 0 unspecified atom stereocenters. The van der Waals surface area contributed by atoms with Crippen LogP contribution < -0.4 is 10.1 Å². The highest BCUT2D eigenvalue weighted by molar-refractivity contribution is 6.31. The summed E-state index contributed by atoms with van der Waals surface area (Å²) in [6.07, 6.45) is -0.292. The van der Waals surface area contributed by atoms with E-state index in [1.807, 2.05) is 0 Å². The Morgan fingerprint density at radius 1 is 1.26 bits per heavy atom. The molecule has 0 fully saturated rings. The maximum Gasteiger partial charge on any atom is 0.305 e. The minimum absolute atomic E-state index is 0.131. The monoisotopic (exact) mass is 334 g/mol. The van der Waals surface area contributed by atoms with Crippen LogP contribution in [0.5, 0.6) is 5.88 Å². The van der Waals surface area contributed by atoms with E-state index in [-0.39, 0.29) is 12.1 Å². The average Bonchev–Trinajstić information content (AvgIpc) is 2.54. The van der Waals surface area contributed by atoms with Crippen molar-refractivity contribution in [3.05, 3.63) is 58.7 Å². The summed E-state index contributed by atoms with van der Waals surface area (Å²) in [5.41, 5.74) is 0.666. The number of halogens is 1. The Balaban J connectivity index is 2.25. The summed E-state index contributed by atoms with van der Waals surface area (Å²) in [4.78, 5) is 27.4. The number of benzene rings is 1. The minimum atomic E-state index is -1.05. The first kappa shape index (κ1) is 16.8. The van der Waals surface area contributed by atoms with Gasteiger partial charge in [-0.15, -0.1) is 0 Å². The molecule has 0 bridgehead atoms. The molecule has 0 saturated carbocycles. The molecule has 23 heavy (non-hydrogen) atoms. The van der Waals surface area contributed by atoms with Crippen molar-refractivity contribution in [1.82, 2.24) is 10.3 Å². The van der Waals surface area contributed by atoms with Crippen molar-refractivity contribution in [3.63, 3.8) is 0 Å². The van der Waals surface area contributed by atoms with Gasteiger partial charge in [0.15, 0.2) is 0 Å². The van der Waals surface area contributed by atoms with Crippen molar-refractivity contribution in [2.75, 3.05) is 7.11 Å². The zero-order valence-corrected chi connectivity index (χ0v) is 13.1. The highest BCUT2D eigenvalue weighted by Crippen LogP contribution is 2.25. The van der Waals surface area contributed by atoms with Gasteiger partial charge in [0, 0.05) is 11.1 Å². The van der Waals surface area contributed by atoms with Crippen LogP contribution in [0.25, 0.3) is 0 Å². The fraction of sp³-hybridized carbons (Fsp3) is 0.188. The van der Waals surface area contributed by atoms with E-state index < -0.39 is 17.9 Å². The third kappa shape index (κ3) is 4.43. The zero-order chi connectivity index (χ0) is 16.8. The molecule has 120 valence electrons. The average molecular weight is 335 g/mol. The van der Waals surface area contributed by atoms with E-state index in [4.69, 9.17) is 21.4 Å². The van der Waals surface area contributed by atoms with Gasteiger partial charge in [-0.25, -0.2) is 4.98 Å². The molecule has 7 heteroatoms. The second kappa shape index (κ2) is 7.60. The first-order valence-electron chi connectivity index (χ1n) is 6.79. The van der Waals surface area contributed by atoms with E-state index in [9.17, 15) is 9.59 Å². The van der Waals surface area contributed by atoms with Gasteiger partial charge in [-0.2, -0.15) is 0 Å². The Morgan fingerprint density at radius 3 is 2.65 bits per heavy atom. The second-order valence-corrected chi connectivity index (χ2v) is 5.12. The summed E-state index contributed by atoms with van der Waals surface area (Å²) in [6, 6.07) is 10.8. The van der Waals surface area contributed by atoms with Gasteiger partial charge in [-0.3, -0.25) is 9.59 Å². The molecule has 0 radical (unpaired) electrons. The molecule has 0 saturated heterocycles. The third-order valence-electron chi connectivity index (χ3n) is 3.13. The number of hydrogen-bond acceptors (Lipinski definition) is 4. The van der Waals surface area contributed by atoms with E-state index in [2.05, 4.69) is 10.3 Å². The molecular formula is C16H15ClN2O4. The Hall–Kier alpha value is -2.60. The molecule has 1 amide bonds. The number of carboxylic acids is 1. The smallest absolute Gasteiger partial charge is 0.305 e.